The van der Waals surface area contributed by atoms with Crippen LogP contribution in [0.4, 0.5) is 0 Å². The zero-order valence-electron chi connectivity index (χ0n) is 11.7. The van der Waals surface area contributed by atoms with Crippen LogP contribution in [0.25, 0.3) is 0 Å². The quantitative estimate of drug-likeness (QED) is 0.452. The first-order chi connectivity index (χ1) is 7.16. The largest absolute Gasteiger partial charge is 0.0654 e. The first kappa shape index (κ1) is 15.0. The summed E-state index contributed by atoms with van der Waals surface area (Å²) in [6.07, 6.45) is 11.2. The van der Waals surface area contributed by atoms with Crippen LogP contribution in [0.2, 0.25) is 0 Å². The highest BCUT2D eigenvalue weighted by Gasteiger charge is 2.31. The van der Waals surface area contributed by atoms with Gasteiger partial charge in [0.25, 0.3) is 0 Å². The summed E-state index contributed by atoms with van der Waals surface area (Å²) < 4.78 is 0. The Morgan fingerprint density at radius 3 is 1.60 bits per heavy atom. The minimum atomic E-state index is 0.654. The van der Waals surface area contributed by atoms with Gasteiger partial charge < -0.3 is 0 Å². The molecule has 0 nitrogen and oxygen atoms in total. The molecule has 0 rings (SSSR count). The molecule has 0 aromatic rings. The molecule has 0 aliphatic carbocycles. The number of rotatable bonds is 9. The molecule has 0 radical (unpaired) electrons. The van der Waals surface area contributed by atoms with Gasteiger partial charge in [-0.15, -0.1) is 0 Å². The van der Waals surface area contributed by atoms with Crippen molar-refractivity contribution in [3.63, 3.8) is 0 Å². The Kier molecular flexibility index (Phi) is 8.19. The number of hydrogen-bond donors (Lipinski definition) is 0. The monoisotopic (exact) mass is 212 g/mol. The van der Waals surface area contributed by atoms with E-state index in [2.05, 4.69) is 34.6 Å². The summed E-state index contributed by atoms with van der Waals surface area (Å²) in [4.78, 5) is 0. The van der Waals surface area contributed by atoms with E-state index >= 15 is 0 Å². The van der Waals surface area contributed by atoms with Gasteiger partial charge >= 0.3 is 0 Å². The van der Waals surface area contributed by atoms with Gasteiger partial charge in [-0.2, -0.15) is 0 Å². The first-order valence-electron chi connectivity index (χ1n) is 7.16. The van der Waals surface area contributed by atoms with Crippen LogP contribution in [-0.2, 0) is 0 Å². The van der Waals surface area contributed by atoms with Crippen molar-refractivity contribution in [3.8, 4) is 0 Å². The van der Waals surface area contributed by atoms with E-state index in [4.69, 9.17) is 0 Å². The third-order valence-corrected chi connectivity index (χ3v) is 4.42. The minimum absolute atomic E-state index is 0.654. The van der Waals surface area contributed by atoms with Crippen molar-refractivity contribution in [1.29, 1.82) is 0 Å². The summed E-state index contributed by atoms with van der Waals surface area (Å²) in [5.41, 5.74) is 0.654. The second-order valence-corrected chi connectivity index (χ2v) is 5.23. The standard InChI is InChI=1S/C15H32/c1-6-10-12-15(9-4,13-11-7-2)14(5)8-3/h14H,6-13H2,1-5H3. The Morgan fingerprint density at radius 2 is 1.33 bits per heavy atom. The number of unbranched alkanes of at least 4 members (excludes halogenated alkanes) is 2. The van der Waals surface area contributed by atoms with E-state index in [1.807, 2.05) is 0 Å². The van der Waals surface area contributed by atoms with Crippen molar-refractivity contribution in [1.82, 2.24) is 0 Å². The van der Waals surface area contributed by atoms with E-state index in [1.54, 1.807) is 0 Å². The van der Waals surface area contributed by atoms with Gasteiger partial charge in [-0.05, 0) is 24.2 Å². The molecule has 0 aromatic carbocycles. The maximum atomic E-state index is 2.47. The molecule has 1 unspecified atom stereocenters. The maximum Gasteiger partial charge on any atom is -0.0275 e. The van der Waals surface area contributed by atoms with E-state index in [0.717, 1.165) is 5.92 Å². The van der Waals surface area contributed by atoms with Gasteiger partial charge in [0.2, 0.25) is 0 Å². The van der Waals surface area contributed by atoms with Crippen molar-refractivity contribution in [3.05, 3.63) is 0 Å². The summed E-state index contributed by atoms with van der Waals surface area (Å²) in [5.74, 6) is 0.903. The molecule has 0 saturated carbocycles. The second-order valence-electron chi connectivity index (χ2n) is 5.23. The summed E-state index contributed by atoms with van der Waals surface area (Å²) in [7, 11) is 0. The second kappa shape index (κ2) is 8.19. The van der Waals surface area contributed by atoms with Crippen molar-refractivity contribution in [2.24, 2.45) is 11.3 Å². The van der Waals surface area contributed by atoms with Crippen LogP contribution in [0.5, 0.6) is 0 Å². The zero-order chi connectivity index (χ0) is 11.7. The van der Waals surface area contributed by atoms with E-state index in [9.17, 15) is 0 Å². The van der Waals surface area contributed by atoms with Crippen LogP contribution < -0.4 is 0 Å². The topological polar surface area (TPSA) is 0 Å². The van der Waals surface area contributed by atoms with Crippen LogP contribution >= 0.6 is 0 Å². The zero-order valence-corrected chi connectivity index (χ0v) is 11.7. The predicted molar refractivity (Wildman–Crippen MR) is 71.2 cm³/mol. The van der Waals surface area contributed by atoms with Gasteiger partial charge in [0.1, 0.15) is 0 Å². The lowest BCUT2D eigenvalue weighted by atomic mass is 9.67. The lowest BCUT2D eigenvalue weighted by molar-refractivity contribution is 0.121. The van der Waals surface area contributed by atoms with Gasteiger partial charge in [0, 0.05) is 0 Å². The molecule has 0 heterocycles. The summed E-state index contributed by atoms with van der Waals surface area (Å²) in [5, 5.41) is 0. The highest BCUT2D eigenvalue weighted by atomic mass is 14.4. The Balaban J connectivity index is 4.43. The molecule has 0 spiro atoms. The van der Waals surface area contributed by atoms with Crippen molar-refractivity contribution in [2.75, 3.05) is 0 Å². The molecule has 92 valence electrons. The van der Waals surface area contributed by atoms with Crippen LogP contribution in [0.3, 0.4) is 0 Å². The van der Waals surface area contributed by atoms with Gasteiger partial charge in [0.05, 0.1) is 0 Å². The van der Waals surface area contributed by atoms with Gasteiger partial charge in [-0.3, -0.25) is 0 Å². The third-order valence-electron chi connectivity index (χ3n) is 4.42. The normalized spacial score (nSPS) is 14.2. The molecule has 0 bridgehead atoms. The first-order valence-corrected chi connectivity index (χ1v) is 7.16. The highest BCUT2D eigenvalue weighted by molar-refractivity contribution is 4.82. The molecule has 0 aliphatic heterocycles. The van der Waals surface area contributed by atoms with Crippen LogP contribution in [0.1, 0.15) is 86.0 Å². The smallest absolute Gasteiger partial charge is 0.0275 e. The molecule has 0 fully saturated rings. The summed E-state index contributed by atoms with van der Waals surface area (Å²) in [6, 6.07) is 0. The van der Waals surface area contributed by atoms with E-state index in [0.29, 0.717) is 5.41 Å². The van der Waals surface area contributed by atoms with Gasteiger partial charge in [0.15, 0.2) is 0 Å². The average Bonchev–Trinajstić information content (AvgIpc) is 2.29. The third kappa shape index (κ3) is 4.57. The fraction of sp³-hybridized carbons (Fsp3) is 1.00. The fourth-order valence-electron chi connectivity index (χ4n) is 2.81. The van der Waals surface area contributed by atoms with Crippen LogP contribution in [0.15, 0.2) is 0 Å². The lowest BCUT2D eigenvalue weighted by Gasteiger charge is -2.39. The Morgan fingerprint density at radius 1 is 0.867 bits per heavy atom. The molecule has 0 heteroatoms. The van der Waals surface area contributed by atoms with Crippen molar-refractivity contribution < 1.29 is 0 Å². The fourth-order valence-corrected chi connectivity index (χ4v) is 2.81. The predicted octanol–water partition coefficient (Wildman–Crippen LogP) is 5.81. The van der Waals surface area contributed by atoms with Crippen molar-refractivity contribution in [2.45, 2.75) is 86.0 Å². The number of hydrogen-bond acceptors (Lipinski definition) is 0. The molecule has 0 amide bonds. The maximum absolute atomic E-state index is 2.47. The molecule has 1 atom stereocenters. The molecule has 15 heavy (non-hydrogen) atoms. The Hall–Kier alpha value is 0. The Labute approximate surface area is 97.8 Å². The van der Waals surface area contributed by atoms with Crippen LogP contribution in [-0.4, -0.2) is 0 Å². The molecule has 0 N–H and O–H groups in total. The van der Waals surface area contributed by atoms with E-state index < -0.39 is 0 Å². The molecule has 0 aromatic heterocycles. The van der Waals surface area contributed by atoms with E-state index in [-0.39, 0.29) is 0 Å². The van der Waals surface area contributed by atoms with Gasteiger partial charge in [-0.25, -0.2) is 0 Å². The average molecular weight is 212 g/mol. The van der Waals surface area contributed by atoms with E-state index in [1.165, 1.54) is 51.4 Å². The molecular formula is C15H32. The van der Waals surface area contributed by atoms with Gasteiger partial charge in [-0.1, -0.05) is 73.1 Å². The summed E-state index contributed by atoms with van der Waals surface area (Å²) in [6.45, 7) is 11.9. The molecule has 0 saturated heterocycles. The van der Waals surface area contributed by atoms with Crippen LogP contribution in [0, 0.1) is 11.3 Å². The van der Waals surface area contributed by atoms with Crippen molar-refractivity contribution >= 4 is 0 Å². The highest BCUT2D eigenvalue weighted by Crippen LogP contribution is 2.43. The lowest BCUT2D eigenvalue weighted by Crippen LogP contribution is -2.28. The summed E-state index contributed by atoms with van der Waals surface area (Å²) >= 11 is 0. The molecular weight excluding hydrogens is 180 g/mol. The Bertz CT molecular complexity index is 129. The SMILES string of the molecule is CCCCC(CC)(CCCC)C(C)CC. The molecule has 0 aliphatic rings. The minimum Gasteiger partial charge on any atom is -0.0654 e.